The number of nitrogens with one attached hydrogen (secondary N) is 1. The number of ether oxygens (including phenoxy) is 2. The van der Waals surface area contributed by atoms with E-state index in [9.17, 15) is 9.59 Å². The van der Waals surface area contributed by atoms with Gasteiger partial charge in [0.1, 0.15) is 23.1 Å². The summed E-state index contributed by atoms with van der Waals surface area (Å²) in [7, 11) is 1.52. The number of imide groups is 1. The molecule has 3 aromatic rings. The molecule has 1 aliphatic heterocycles. The number of quaternary nitrogens is 1. The number of morpholine rings is 1. The normalized spacial score (nSPS) is 16.4. The number of methoxy groups -OCH3 is 1. The van der Waals surface area contributed by atoms with E-state index < -0.39 is 17.9 Å². The van der Waals surface area contributed by atoms with Crippen LogP contribution in [0.15, 0.2) is 41.3 Å². The fourth-order valence-corrected chi connectivity index (χ4v) is 5.31. The lowest BCUT2D eigenvalue weighted by Crippen LogP contribution is -2.67. The summed E-state index contributed by atoms with van der Waals surface area (Å²) in [6.45, 7) is 3.73. The SMILES string of the molecule is CCC(C(=O)NC(=O)c1ccc(OC)c2occc12)[N+]1(c2c(Cl)cncc2Cl)CCOCC1. The number of carbonyl (C=O) groups excluding carboxylic acids is 2. The quantitative estimate of drug-likeness (QED) is 0.518. The minimum absolute atomic E-state index is 0.180. The van der Waals surface area contributed by atoms with Gasteiger partial charge in [-0.25, -0.2) is 0 Å². The molecule has 1 unspecified atom stereocenters. The standard InChI is InChI=1S/C23H23Cl2N3O5/c1-3-18(28(7-10-32-11-8-28)20-16(24)12-26-13-17(20)25)23(30)27-22(29)15-4-5-19(31-2)21-14(15)6-9-33-21/h4-6,9,12-13,18H,3,7-8,10-11H2,1-2H3/p+1. The van der Waals surface area contributed by atoms with Crippen molar-refractivity contribution < 1.29 is 23.5 Å². The summed E-state index contributed by atoms with van der Waals surface area (Å²) in [5, 5.41) is 3.88. The summed E-state index contributed by atoms with van der Waals surface area (Å²) in [6.07, 6.45) is 4.96. The van der Waals surface area contributed by atoms with Crippen LogP contribution in [0, 0.1) is 0 Å². The second kappa shape index (κ2) is 9.69. The van der Waals surface area contributed by atoms with E-state index in [1.54, 1.807) is 18.2 Å². The van der Waals surface area contributed by atoms with E-state index in [0.29, 0.717) is 70.7 Å². The summed E-state index contributed by atoms with van der Waals surface area (Å²) in [5.74, 6) is -0.434. The fraction of sp³-hybridized carbons (Fsp3) is 0.348. The summed E-state index contributed by atoms with van der Waals surface area (Å²) in [5.41, 5.74) is 1.38. The van der Waals surface area contributed by atoms with Gasteiger partial charge in [-0.1, -0.05) is 30.1 Å². The highest BCUT2D eigenvalue weighted by atomic mass is 35.5. The zero-order valence-electron chi connectivity index (χ0n) is 18.3. The lowest BCUT2D eigenvalue weighted by Gasteiger charge is -2.45. The van der Waals surface area contributed by atoms with Crippen molar-refractivity contribution in [3.05, 3.63) is 52.5 Å². The van der Waals surface area contributed by atoms with Gasteiger partial charge in [-0.15, -0.1) is 0 Å². The van der Waals surface area contributed by atoms with Gasteiger partial charge in [0.05, 0.1) is 44.5 Å². The first-order chi connectivity index (χ1) is 15.9. The van der Waals surface area contributed by atoms with E-state index in [0.717, 1.165) is 0 Å². The number of rotatable bonds is 6. The second-order valence-corrected chi connectivity index (χ2v) is 8.58. The lowest BCUT2D eigenvalue weighted by molar-refractivity contribution is -0.126. The van der Waals surface area contributed by atoms with Gasteiger partial charge in [-0.2, -0.15) is 0 Å². The van der Waals surface area contributed by atoms with Gasteiger partial charge in [-0.05, 0) is 18.2 Å². The van der Waals surface area contributed by atoms with Crippen LogP contribution in [0.5, 0.6) is 5.75 Å². The monoisotopic (exact) mass is 492 g/mol. The third kappa shape index (κ3) is 4.19. The molecule has 0 bridgehead atoms. The molecule has 10 heteroatoms. The third-order valence-electron chi connectivity index (χ3n) is 6.11. The highest BCUT2D eigenvalue weighted by Crippen LogP contribution is 2.41. The number of pyridine rings is 1. The molecule has 8 nitrogen and oxygen atoms in total. The number of amides is 2. The molecular formula is C23H24Cl2N3O5+. The highest BCUT2D eigenvalue weighted by molar-refractivity contribution is 6.38. The minimum Gasteiger partial charge on any atom is -0.493 e. The Hall–Kier alpha value is -2.65. The molecule has 1 saturated heterocycles. The molecule has 1 fully saturated rings. The van der Waals surface area contributed by atoms with Crippen molar-refractivity contribution in [3.63, 3.8) is 0 Å². The average molecular weight is 493 g/mol. The molecule has 0 aliphatic carbocycles. The number of carbonyl (C=O) groups is 2. The molecule has 4 rings (SSSR count). The Morgan fingerprint density at radius 3 is 2.52 bits per heavy atom. The Kier molecular flexibility index (Phi) is 6.90. The molecule has 0 saturated carbocycles. The Balaban J connectivity index is 1.68. The van der Waals surface area contributed by atoms with Crippen molar-refractivity contribution in [2.24, 2.45) is 0 Å². The summed E-state index contributed by atoms with van der Waals surface area (Å²) in [6, 6.07) is 4.29. The van der Waals surface area contributed by atoms with Gasteiger partial charge in [0.2, 0.25) is 0 Å². The van der Waals surface area contributed by atoms with Gasteiger partial charge in [0, 0.05) is 11.8 Å². The molecule has 33 heavy (non-hydrogen) atoms. The van der Waals surface area contributed by atoms with E-state index in [2.05, 4.69) is 10.3 Å². The van der Waals surface area contributed by atoms with Crippen LogP contribution in [0.2, 0.25) is 10.0 Å². The summed E-state index contributed by atoms with van der Waals surface area (Å²) >= 11 is 13.0. The van der Waals surface area contributed by atoms with Crippen LogP contribution in [0.4, 0.5) is 5.69 Å². The van der Waals surface area contributed by atoms with E-state index in [1.165, 1.54) is 25.8 Å². The van der Waals surface area contributed by atoms with Crippen molar-refractivity contribution in [1.82, 2.24) is 14.8 Å². The smallest absolute Gasteiger partial charge is 0.285 e. The fourth-order valence-electron chi connectivity index (χ4n) is 4.61. The number of furan rings is 1. The van der Waals surface area contributed by atoms with E-state index in [1.807, 2.05) is 6.92 Å². The molecule has 2 aromatic heterocycles. The molecule has 1 aromatic carbocycles. The largest absolute Gasteiger partial charge is 0.493 e. The molecule has 1 atom stereocenters. The van der Waals surface area contributed by atoms with Crippen LogP contribution in [0.25, 0.3) is 11.0 Å². The molecule has 0 radical (unpaired) electrons. The van der Waals surface area contributed by atoms with Gasteiger partial charge >= 0.3 is 0 Å². The number of aromatic nitrogens is 1. The number of hydrogen-bond donors (Lipinski definition) is 1. The van der Waals surface area contributed by atoms with Crippen molar-refractivity contribution in [2.45, 2.75) is 19.4 Å². The number of hydrogen-bond acceptors (Lipinski definition) is 6. The zero-order valence-corrected chi connectivity index (χ0v) is 19.8. The van der Waals surface area contributed by atoms with E-state index in [4.69, 9.17) is 37.1 Å². The van der Waals surface area contributed by atoms with E-state index >= 15 is 0 Å². The van der Waals surface area contributed by atoms with Crippen LogP contribution in [0.3, 0.4) is 0 Å². The maximum Gasteiger partial charge on any atom is 0.285 e. The topological polar surface area (TPSA) is 90.7 Å². The minimum atomic E-state index is -0.617. The van der Waals surface area contributed by atoms with Gasteiger partial charge < -0.3 is 13.9 Å². The summed E-state index contributed by atoms with van der Waals surface area (Å²) in [4.78, 5) is 30.7. The van der Waals surface area contributed by atoms with Crippen molar-refractivity contribution in [2.75, 3.05) is 33.4 Å². The van der Waals surface area contributed by atoms with E-state index in [-0.39, 0.29) is 4.48 Å². The predicted octanol–water partition coefficient (Wildman–Crippen LogP) is 4.22. The first-order valence-electron chi connectivity index (χ1n) is 10.6. The highest BCUT2D eigenvalue weighted by Gasteiger charge is 2.47. The third-order valence-corrected chi connectivity index (χ3v) is 6.66. The van der Waals surface area contributed by atoms with Gasteiger partial charge in [0.15, 0.2) is 23.1 Å². The van der Waals surface area contributed by atoms with Gasteiger partial charge in [0.25, 0.3) is 11.8 Å². The van der Waals surface area contributed by atoms with Crippen LogP contribution < -0.4 is 14.5 Å². The number of fused-ring (bicyclic) bond motifs is 1. The Labute approximate surface area is 201 Å². The average Bonchev–Trinajstić information content (AvgIpc) is 3.29. The maximum absolute atomic E-state index is 13.5. The summed E-state index contributed by atoms with van der Waals surface area (Å²) < 4.78 is 16.5. The molecule has 174 valence electrons. The van der Waals surface area contributed by atoms with Gasteiger partial charge in [-0.3, -0.25) is 24.4 Å². The van der Waals surface area contributed by atoms with Crippen molar-refractivity contribution >= 4 is 51.7 Å². The Morgan fingerprint density at radius 2 is 1.88 bits per heavy atom. The lowest BCUT2D eigenvalue weighted by atomic mass is 10.0. The second-order valence-electron chi connectivity index (χ2n) is 7.77. The first-order valence-corrected chi connectivity index (χ1v) is 11.3. The zero-order chi connectivity index (χ0) is 23.6. The van der Waals surface area contributed by atoms with Crippen LogP contribution >= 0.6 is 23.2 Å². The molecule has 1 aliphatic rings. The number of benzene rings is 1. The number of nitrogens with zero attached hydrogens (tertiary/aromatic N) is 2. The van der Waals surface area contributed by atoms with Crippen molar-refractivity contribution in [1.29, 1.82) is 0 Å². The van der Waals surface area contributed by atoms with Crippen LogP contribution in [0.1, 0.15) is 23.7 Å². The molecule has 2 amide bonds. The molecular weight excluding hydrogens is 469 g/mol. The Bertz CT molecular complexity index is 1170. The molecule has 1 N–H and O–H groups in total. The van der Waals surface area contributed by atoms with Crippen molar-refractivity contribution in [3.8, 4) is 5.75 Å². The Morgan fingerprint density at radius 1 is 1.18 bits per heavy atom. The molecule has 3 heterocycles. The number of halogens is 2. The first kappa shape index (κ1) is 23.5. The van der Waals surface area contributed by atoms with Crippen LogP contribution in [-0.2, 0) is 9.53 Å². The molecule has 0 spiro atoms. The van der Waals surface area contributed by atoms with Crippen LogP contribution in [-0.4, -0.2) is 56.3 Å². The predicted molar refractivity (Wildman–Crippen MR) is 126 cm³/mol. The maximum atomic E-state index is 13.5.